The Morgan fingerprint density at radius 3 is 1.74 bits per heavy atom. The number of terminal acetylenes is 1. The minimum absolute atomic E-state index is 0.0147. The van der Waals surface area contributed by atoms with Gasteiger partial charge >= 0.3 is 0 Å². The molecule has 1 fully saturated rings. The van der Waals surface area contributed by atoms with E-state index < -0.39 is 16.6 Å². The summed E-state index contributed by atoms with van der Waals surface area (Å²) in [7, 11) is -0.934. The molecule has 0 spiro atoms. The molecular formula is C45H74O7Si2. The molecule has 0 aromatic heterocycles. The Morgan fingerprint density at radius 2 is 1.24 bits per heavy atom. The van der Waals surface area contributed by atoms with Gasteiger partial charge in [-0.15, -0.1) is 12.3 Å². The second-order valence-electron chi connectivity index (χ2n) is 18.4. The van der Waals surface area contributed by atoms with Crippen molar-refractivity contribution in [2.75, 3.05) is 20.8 Å². The van der Waals surface area contributed by atoms with E-state index in [9.17, 15) is 0 Å². The molecule has 0 unspecified atom stereocenters. The van der Waals surface area contributed by atoms with Crippen LogP contribution in [0, 0.1) is 18.3 Å². The summed E-state index contributed by atoms with van der Waals surface area (Å²) in [4.78, 5) is 0. The first-order valence-electron chi connectivity index (χ1n) is 20.2. The first-order chi connectivity index (χ1) is 25.3. The van der Waals surface area contributed by atoms with Gasteiger partial charge in [-0.2, -0.15) is 0 Å². The molecule has 304 valence electrons. The van der Waals surface area contributed by atoms with E-state index >= 15 is 0 Å². The number of rotatable bonds is 21. The van der Waals surface area contributed by atoms with Crippen molar-refractivity contribution in [3.8, 4) is 23.8 Å². The van der Waals surface area contributed by atoms with Crippen LogP contribution < -0.4 is 9.47 Å². The molecule has 0 aliphatic carbocycles. The maximum Gasteiger partial charge on any atom is 0.192 e. The van der Waals surface area contributed by atoms with Crippen molar-refractivity contribution >= 4 is 16.6 Å². The van der Waals surface area contributed by atoms with E-state index in [4.69, 9.17) is 39.0 Å². The SMILES string of the molecule is C#C[C@H](C)[C@@H](C[C@@H](C[C@@H](C[C@@H]1CCC[C@H](CCOCc2ccc(OC)cc2)O1)O[Si](C)(C)C(C)(C)C)O[Si](C)(C)C(C)(C)C)OCc1ccc(OC)cc1. The van der Waals surface area contributed by atoms with Crippen LogP contribution in [0.25, 0.3) is 0 Å². The van der Waals surface area contributed by atoms with Gasteiger partial charge in [0.15, 0.2) is 16.6 Å². The van der Waals surface area contributed by atoms with Crippen molar-refractivity contribution in [2.45, 2.75) is 173 Å². The van der Waals surface area contributed by atoms with Crippen LogP contribution in [-0.2, 0) is 36.3 Å². The maximum absolute atomic E-state index is 7.32. The van der Waals surface area contributed by atoms with Gasteiger partial charge in [-0.1, -0.05) is 65.8 Å². The van der Waals surface area contributed by atoms with Crippen LogP contribution in [0.4, 0.5) is 0 Å². The van der Waals surface area contributed by atoms with Crippen LogP contribution >= 0.6 is 0 Å². The van der Waals surface area contributed by atoms with Crippen LogP contribution in [0.3, 0.4) is 0 Å². The van der Waals surface area contributed by atoms with E-state index in [-0.39, 0.29) is 46.5 Å². The zero-order valence-corrected chi connectivity index (χ0v) is 38.1. The smallest absolute Gasteiger partial charge is 0.192 e. The van der Waals surface area contributed by atoms with E-state index in [0.29, 0.717) is 26.2 Å². The van der Waals surface area contributed by atoms with E-state index in [1.165, 1.54) is 0 Å². The van der Waals surface area contributed by atoms with E-state index in [1.54, 1.807) is 14.2 Å². The van der Waals surface area contributed by atoms with Gasteiger partial charge < -0.3 is 32.5 Å². The molecule has 0 radical (unpaired) electrons. The molecule has 0 amide bonds. The number of hydrogen-bond acceptors (Lipinski definition) is 7. The van der Waals surface area contributed by atoms with Crippen molar-refractivity contribution in [3.05, 3.63) is 59.7 Å². The van der Waals surface area contributed by atoms with Crippen molar-refractivity contribution in [1.82, 2.24) is 0 Å². The lowest BCUT2D eigenvalue weighted by atomic mass is 9.93. The Labute approximate surface area is 331 Å². The number of benzene rings is 2. The molecule has 2 aromatic rings. The minimum Gasteiger partial charge on any atom is -0.497 e. The Hall–Kier alpha value is -2.17. The van der Waals surface area contributed by atoms with Crippen molar-refractivity contribution in [2.24, 2.45) is 5.92 Å². The fraction of sp³-hybridized carbons (Fsp3) is 0.689. The lowest BCUT2D eigenvalue weighted by Crippen LogP contribution is -2.49. The van der Waals surface area contributed by atoms with Crippen LogP contribution in [0.2, 0.25) is 36.3 Å². The van der Waals surface area contributed by atoms with Gasteiger partial charge in [-0.05, 0) is 124 Å². The predicted octanol–water partition coefficient (Wildman–Crippen LogP) is 11.4. The average Bonchev–Trinajstić information content (AvgIpc) is 3.10. The van der Waals surface area contributed by atoms with Gasteiger partial charge in [-0.25, -0.2) is 0 Å². The number of hydrogen-bond donors (Lipinski definition) is 0. The predicted molar refractivity (Wildman–Crippen MR) is 227 cm³/mol. The molecule has 6 atom stereocenters. The second-order valence-corrected chi connectivity index (χ2v) is 27.9. The van der Waals surface area contributed by atoms with Gasteiger partial charge in [0.25, 0.3) is 0 Å². The Bertz CT molecular complexity index is 1410. The molecule has 0 bridgehead atoms. The first kappa shape index (κ1) is 46.2. The molecule has 0 saturated carbocycles. The van der Waals surface area contributed by atoms with E-state index in [0.717, 1.165) is 61.2 Å². The highest BCUT2D eigenvalue weighted by Gasteiger charge is 2.43. The molecule has 2 aromatic carbocycles. The summed E-state index contributed by atoms with van der Waals surface area (Å²) >= 11 is 0. The van der Waals surface area contributed by atoms with Crippen LogP contribution in [-0.4, -0.2) is 68.0 Å². The molecule has 1 aliphatic rings. The van der Waals surface area contributed by atoms with Crippen LogP contribution in [0.5, 0.6) is 11.5 Å². The monoisotopic (exact) mass is 782 g/mol. The molecule has 9 heteroatoms. The summed E-state index contributed by atoms with van der Waals surface area (Å²) in [6.45, 7) is 27.1. The summed E-state index contributed by atoms with van der Waals surface area (Å²) < 4.78 is 44.8. The van der Waals surface area contributed by atoms with Gasteiger partial charge in [0.2, 0.25) is 0 Å². The fourth-order valence-corrected chi connectivity index (χ4v) is 9.12. The molecule has 1 aliphatic heterocycles. The standard InChI is InChI=1S/C45H74O7Si2/c1-15-34(2)43(49-33-36-21-25-38(47-10)26-22-36)31-42(52-54(13,14)45(6,7)8)30-41(51-53(11,12)44(3,4)5)29-40-18-16-17-39(50-40)27-28-48-32-35-19-23-37(46-9)24-20-35/h1,19-26,34,39-43H,16-18,27-33H2,2-14H3/t34-,39+,40-,41+,42+,43+/m0/s1. The molecule has 3 rings (SSSR count). The largest absolute Gasteiger partial charge is 0.497 e. The lowest BCUT2D eigenvalue weighted by Gasteiger charge is -2.44. The zero-order valence-electron chi connectivity index (χ0n) is 36.1. The highest BCUT2D eigenvalue weighted by Crippen LogP contribution is 2.42. The first-order valence-corrected chi connectivity index (χ1v) is 26.0. The molecule has 1 heterocycles. The average molecular weight is 783 g/mol. The molecule has 54 heavy (non-hydrogen) atoms. The van der Waals surface area contributed by atoms with Gasteiger partial charge in [-0.3, -0.25) is 0 Å². The Kier molecular flexibility index (Phi) is 17.8. The van der Waals surface area contributed by atoms with Crippen molar-refractivity contribution < 1.29 is 32.5 Å². The number of methoxy groups -OCH3 is 2. The third-order valence-corrected chi connectivity index (χ3v) is 21.0. The molecule has 7 nitrogen and oxygen atoms in total. The topological polar surface area (TPSA) is 64.6 Å². The van der Waals surface area contributed by atoms with Crippen LogP contribution in [0.15, 0.2) is 48.5 Å². The molecule has 0 N–H and O–H groups in total. The molecular weight excluding hydrogens is 709 g/mol. The normalized spacial score (nSPS) is 19.4. The van der Waals surface area contributed by atoms with Crippen molar-refractivity contribution in [1.29, 1.82) is 0 Å². The Balaban J connectivity index is 1.79. The van der Waals surface area contributed by atoms with Gasteiger partial charge in [0, 0.05) is 24.7 Å². The van der Waals surface area contributed by atoms with Crippen LogP contribution in [0.1, 0.15) is 105 Å². The quantitative estimate of drug-likeness (QED) is 0.0710. The minimum atomic E-state index is -2.17. The second kappa shape index (κ2) is 20.8. The number of ether oxygens (including phenoxy) is 5. The van der Waals surface area contributed by atoms with Gasteiger partial charge in [0.1, 0.15) is 11.5 Å². The maximum atomic E-state index is 7.32. The Morgan fingerprint density at radius 1 is 0.741 bits per heavy atom. The summed E-state index contributed by atoms with van der Waals surface area (Å²) in [5.74, 6) is 4.59. The highest BCUT2D eigenvalue weighted by atomic mass is 28.4. The van der Waals surface area contributed by atoms with Crippen molar-refractivity contribution in [3.63, 3.8) is 0 Å². The van der Waals surface area contributed by atoms with Gasteiger partial charge in [0.05, 0.1) is 45.7 Å². The molecule has 1 saturated heterocycles. The van der Waals surface area contributed by atoms with E-state index in [1.807, 2.05) is 36.4 Å². The zero-order chi connectivity index (χ0) is 40.2. The summed E-state index contributed by atoms with van der Waals surface area (Å²) in [5.41, 5.74) is 2.23. The van der Waals surface area contributed by atoms with E-state index in [2.05, 4.69) is 92.7 Å². The third kappa shape index (κ3) is 14.7. The third-order valence-electron chi connectivity index (χ3n) is 12.0. The summed E-state index contributed by atoms with van der Waals surface area (Å²) in [6, 6.07) is 16.1. The summed E-state index contributed by atoms with van der Waals surface area (Å²) in [6.07, 6.45) is 12.6. The highest BCUT2D eigenvalue weighted by molar-refractivity contribution is 6.74. The fourth-order valence-electron chi connectivity index (χ4n) is 6.36. The summed E-state index contributed by atoms with van der Waals surface area (Å²) in [5, 5.41) is 0.119. The lowest BCUT2D eigenvalue weighted by molar-refractivity contribution is -0.0827.